The number of benzene rings is 2. The Morgan fingerprint density at radius 1 is 0.455 bits per heavy atom. The molecule has 4 aliphatic rings. The van der Waals surface area contributed by atoms with Gasteiger partial charge in [0.05, 0.1) is 0 Å². The van der Waals surface area contributed by atoms with Crippen molar-refractivity contribution < 1.29 is 9.53 Å². The van der Waals surface area contributed by atoms with Gasteiger partial charge in [0, 0.05) is 23.8 Å². The smallest absolute Gasteiger partial charge is 0.298 e. The first-order valence-electron chi connectivity index (χ1n) is 25.9. The fraction of sp³-hybridized carbons (Fsp3) is 0.623. The summed E-state index contributed by atoms with van der Waals surface area (Å²) in [5, 5.41) is 0. The topological polar surface area (TPSA) is 55.3 Å². The van der Waals surface area contributed by atoms with Crippen LogP contribution in [-0.2, 0) is 4.79 Å². The van der Waals surface area contributed by atoms with E-state index in [0.29, 0.717) is 12.2 Å². The zero-order chi connectivity index (χ0) is 49.4. The van der Waals surface area contributed by atoms with Crippen LogP contribution in [-0.4, -0.2) is 41.5 Å². The Hall–Kier alpha value is -3.83. The zero-order valence-corrected chi connectivity index (χ0v) is 45.4. The van der Waals surface area contributed by atoms with Gasteiger partial charge in [-0.05, 0) is 183 Å². The highest BCUT2D eigenvalue weighted by Gasteiger charge is 2.16. The van der Waals surface area contributed by atoms with Crippen LogP contribution in [0.3, 0.4) is 0 Å². The van der Waals surface area contributed by atoms with Crippen LogP contribution in [0.1, 0.15) is 177 Å². The predicted octanol–water partition coefficient (Wildman–Crippen LogP) is 17.0. The summed E-state index contributed by atoms with van der Waals surface area (Å²) >= 11 is 0. The number of rotatable bonds is 2. The van der Waals surface area contributed by atoms with Gasteiger partial charge in [0.25, 0.3) is 6.47 Å². The van der Waals surface area contributed by atoms with Crippen molar-refractivity contribution in [2.24, 2.45) is 41.4 Å². The van der Waals surface area contributed by atoms with E-state index in [2.05, 4.69) is 128 Å². The SMILES string of the molecule is CC1CCC(C)C1.CC1CCC(C)CC1.CC1CCC(C)CC1.CC1CCN(C)CC1.Cc1ccc(C)c(OC=O)c1.Cc1ccc(C)cc1.Cc1ccc(C)nc1.Cc1ccnc(C)c1. The van der Waals surface area contributed by atoms with Gasteiger partial charge in [-0.25, -0.2) is 0 Å². The highest BCUT2D eigenvalue weighted by atomic mass is 16.5. The van der Waals surface area contributed by atoms with Crippen molar-refractivity contribution in [1.82, 2.24) is 14.9 Å². The molecule has 2 aromatic carbocycles. The van der Waals surface area contributed by atoms with Gasteiger partial charge in [-0.1, -0.05) is 166 Å². The normalized spacial score (nSPS) is 22.2. The average molecular weight is 906 g/mol. The van der Waals surface area contributed by atoms with Crippen LogP contribution in [0.4, 0.5) is 0 Å². The molecule has 2 atom stereocenters. The molecule has 8 rings (SSSR count). The predicted molar refractivity (Wildman–Crippen MR) is 288 cm³/mol. The van der Waals surface area contributed by atoms with Gasteiger partial charge in [-0.3, -0.25) is 14.8 Å². The maximum atomic E-state index is 10.0. The number of aromatic nitrogens is 2. The van der Waals surface area contributed by atoms with Crippen LogP contribution < -0.4 is 4.74 Å². The zero-order valence-electron chi connectivity index (χ0n) is 45.4. The third-order valence-corrected chi connectivity index (χ3v) is 13.4. The van der Waals surface area contributed by atoms with E-state index in [-0.39, 0.29) is 0 Å². The summed E-state index contributed by atoms with van der Waals surface area (Å²) in [5.74, 6) is 7.74. The number of carbonyl (C=O) groups is 1. The second-order valence-electron chi connectivity index (χ2n) is 21.3. The van der Waals surface area contributed by atoms with E-state index in [4.69, 9.17) is 4.74 Å². The molecule has 4 fully saturated rings. The number of hydrogen-bond donors (Lipinski definition) is 0. The summed E-state index contributed by atoms with van der Waals surface area (Å²) < 4.78 is 4.74. The van der Waals surface area contributed by atoms with Crippen molar-refractivity contribution in [2.75, 3.05) is 20.1 Å². The van der Waals surface area contributed by atoms with Gasteiger partial charge < -0.3 is 9.64 Å². The van der Waals surface area contributed by atoms with Crippen molar-refractivity contribution >= 4 is 6.47 Å². The molecule has 0 spiro atoms. The largest absolute Gasteiger partial charge is 0.428 e. The van der Waals surface area contributed by atoms with Crippen LogP contribution in [0.5, 0.6) is 5.75 Å². The lowest BCUT2D eigenvalue weighted by atomic mass is 9.84. The molecule has 5 heteroatoms. The molecule has 4 aromatic rings. The van der Waals surface area contributed by atoms with Crippen molar-refractivity contribution in [2.45, 2.75) is 187 Å². The fourth-order valence-electron chi connectivity index (χ4n) is 8.23. The number of aryl methyl sites for hydroxylation is 8. The van der Waals surface area contributed by atoms with Crippen molar-refractivity contribution in [1.29, 1.82) is 0 Å². The summed E-state index contributed by atoms with van der Waals surface area (Å²) in [6, 6.07) is 22.3. The Bertz CT molecular complexity index is 1590. The van der Waals surface area contributed by atoms with Crippen LogP contribution in [0.2, 0.25) is 0 Å². The monoisotopic (exact) mass is 906 g/mol. The van der Waals surface area contributed by atoms with Crippen LogP contribution in [0.15, 0.2) is 79.1 Å². The summed E-state index contributed by atoms with van der Waals surface area (Å²) in [6.45, 7) is 35.7. The summed E-state index contributed by atoms with van der Waals surface area (Å²) in [5.41, 5.74) is 9.38. The van der Waals surface area contributed by atoms with Gasteiger partial charge in [0.1, 0.15) is 5.75 Å². The Balaban J connectivity index is 0.000000378. The van der Waals surface area contributed by atoms with E-state index >= 15 is 0 Å². The van der Waals surface area contributed by atoms with Gasteiger partial charge in [0.2, 0.25) is 0 Å². The lowest BCUT2D eigenvalue weighted by Crippen LogP contribution is -2.28. The summed E-state index contributed by atoms with van der Waals surface area (Å²) in [4.78, 5) is 20.5. The highest BCUT2D eigenvalue weighted by Crippen LogP contribution is 2.29. The van der Waals surface area contributed by atoms with E-state index in [1.807, 2.05) is 77.3 Å². The van der Waals surface area contributed by atoms with Gasteiger partial charge in [-0.15, -0.1) is 0 Å². The number of carbonyl (C=O) groups excluding carboxylic acids is 1. The fourth-order valence-corrected chi connectivity index (χ4v) is 8.23. The number of likely N-dealkylation sites (tertiary alicyclic amines) is 1. The Morgan fingerprint density at radius 2 is 0.848 bits per heavy atom. The molecule has 370 valence electrons. The van der Waals surface area contributed by atoms with Crippen molar-refractivity contribution in [3.63, 3.8) is 0 Å². The minimum absolute atomic E-state index is 0.446. The molecule has 3 aliphatic carbocycles. The second-order valence-corrected chi connectivity index (χ2v) is 21.3. The molecule has 5 nitrogen and oxygen atoms in total. The van der Waals surface area contributed by atoms with Crippen LogP contribution in [0.25, 0.3) is 0 Å². The van der Waals surface area contributed by atoms with E-state index in [0.717, 1.165) is 63.9 Å². The Labute approximate surface area is 407 Å². The third kappa shape index (κ3) is 32.0. The Morgan fingerprint density at radius 3 is 1.17 bits per heavy atom. The quantitative estimate of drug-likeness (QED) is 0.188. The summed E-state index contributed by atoms with van der Waals surface area (Å²) in [6.07, 6.45) is 22.7. The first-order valence-corrected chi connectivity index (χ1v) is 25.9. The maximum Gasteiger partial charge on any atom is 0.298 e. The Kier molecular flexibility index (Phi) is 32.2. The summed E-state index contributed by atoms with van der Waals surface area (Å²) in [7, 11) is 2.20. The highest BCUT2D eigenvalue weighted by molar-refractivity contribution is 5.48. The molecule has 0 radical (unpaired) electrons. The van der Waals surface area contributed by atoms with Crippen LogP contribution in [0, 0.1) is 96.8 Å². The molecule has 1 aliphatic heterocycles. The van der Waals surface area contributed by atoms with E-state index in [1.54, 1.807) is 0 Å². The first-order chi connectivity index (χ1) is 31.3. The third-order valence-electron chi connectivity index (χ3n) is 13.4. The lowest BCUT2D eigenvalue weighted by molar-refractivity contribution is -0.120. The minimum Gasteiger partial charge on any atom is -0.428 e. The number of piperidine rings is 1. The number of pyridine rings is 2. The molecular formula is C61H99N3O2. The molecule has 2 aromatic heterocycles. The van der Waals surface area contributed by atoms with E-state index < -0.39 is 0 Å². The molecule has 0 bridgehead atoms. The average Bonchev–Trinajstić information content (AvgIpc) is 3.67. The first kappa shape index (κ1) is 60.2. The van der Waals surface area contributed by atoms with E-state index in [1.165, 1.54) is 119 Å². The standard InChI is InChI=1S/C9H10O2.2C8H16.C8H10.C7H15N.2C7H9N.C7H14/c1-7-3-4-8(2)9(5-7)11-6-10;4*1-7-3-5-8(2)6-4-7;1-6-3-4-8-7(2)5-6;1-6-3-4-7(2)8-5-6;1-6-3-4-7(2)5-6/h3-6H,1-2H3;2*7-8H,3-6H2,1-2H3;3-6H,1-2H3;7H,3-6H2,1-2H3;2*3-5H,1-2H3;6-7H,3-5H2,1-2H3. The number of ether oxygens (including phenoxy) is 1. The van der Waals surface area contributed by atoms with Gasteiger partial charge >= 0.3 is 0 Å². The molecule has 2 unspecified atom stereocenters. The molecule has 66 heavy (non-hydrogen) atoms. The molecular weight excluding hydrogens is 807 g/mol. The van der Waals surface area contributed by atoms with Gasteiger partial charge in [-0.2, -0.15) is 0 Å². The van der Waals surface area contributed by atoms with Crippen molar-refractivity contribution in [3.8, 4) is 5.75 Å². The second kappa shape index (κ2) is 35.3. The molecule has 0 N–H and O–H groups in total. The molecule has 1 saturated heterocycles. The molecule has 3 saturated carbocycles. The molecule has 0 amide bonds. The minimum atomic E-state index is 0.446. The van der Waals surface area contributed by atoms with E-state index in [9.17, 15) is 4.79 Å². The van der Waals surface area contributed by atoms with Crippen LogP contribution >= 0.6 is 0 Å². The number of nitrogens with zero attached hydrogens (tertiary/aromatic N) is 3. The molecule has 3 heterocycles. The number of hydrogen-bond acceptors (Lipinski definition) is 5. The van der Waals surface area contributed by atoms with Crippen molar-refractivity contribution in [3.05, 3.63) is 124 Å². The van der Waals surface area contributed by atoms with Gasteiger partial charge in [0.15, 0.2) is 0 Å². The lowest BCUT2D eigenvalue weighted by Gasteiger charge is -2.26. The maximum absolute atomic E-state index is 10.0.